The summed E-state index contributed by atoms with van der Waals surface area (Å²) >= 11 is 12.6. The van der Waals surface area contributed by atoms with Crippen molar-refractivity contribution in [2.45, 2.75) is 43.9 Å². The fraction of sp³-hybridized carbons (Fsp3) is 0.480. The summed E-state index contributed by atoms with van der Waals surface area (Å²) in [4.78, 5) is 20.8. The van der Waals surface area contributed by atoms with Crippen LogP contribution in [0.3, 0.4) is 0 Å². The van der Waals surface area contributed by atoms with Crippen molar-refractivity contribution < 1.29 is 9.53 Å². The highest BCUT2D eigenvalue weighted by Crippen LogP contribution is 2.42. The standard InChI is InChI=1S/C25H29Cl2N3O2/c1-28-12-10-25(11-13-28,32-17-18-16-19(26)6-9-21(18)27)24(31)30-15-14-29(20-7-8-20)22-4-2-3-5-23(22)30/h2-6,9,16,20H,7-8,10-15,17H2,1H3. The minimum Gasteiger partial charge on any atom is -0.365 e. The van der Waals surface area contributed by atoms with Gasteiger partial charge in [0.1, 0.15) is 5.60 Å². The lowest BCUT2D eigenvalue weighted by Gasteiger charge is -2.45. The number of benzene rings is 2. The minimum absolute atomic E-state index is 0.0617. The van der Waals surface area contributed by atoms with Crippen LogP contribution in [0, 0.1) is 0 Å². The van der Waals surface area contributed by atoms with E-state index in [1.807, 2.05) is 17.0 Å². The molecule has 32 heavy (non-hydrogen) atoms. The van der Waals surface area contributed by atoms with Crippen LogP contribution in [0.2, 0.25) is 10.0 Å². The number of hydrogen-bond acceptors (Lipinski definition) is 4. The molecule has 5 nitrogen and oxygen atoms in total. The van der Waals surface area contributed by atoms with Gasteiger partial charge < -0.3 is 19.4 Å². The highest BCUT2D eigenvalue weighted by molar-refractivity contribution is 6.33. The summed E-state index contributed by atoms with van der Waals surface area (Å²) in [5, 5.41) is 1.22. The zero-order chi connectivity index (χ0) is 22.3. The van der Waals surface area contributed by atoms with Crippen LogP contribution in [-0.2, 0) is 16.1 Å². The number of nitrogens with zero attached hydrogens (tertiary/aromatic N) is 3. The molecule has 2 fully saturated rings. The molecule has 0 radical (unpaired) electrons. The molecule has 1 saturated carbocycles. The number of piperidine rings is 1. The van der Waals surface area contributed by atoms with E-state index in [0.717, 1.165) is 36.6 Å². The summed E-state index contributed by atoms with van der Waals surface area (Å²) in [5.41, 5.74) is 2.10. The van der Waals surface area contributed by atoms with E-state index in [1.165, 1.54) is 12.8 Å². The molecule has 170 valence electrons. The van der Waals surface area contributed by atoms with Crippen LogP contribution in [0.4, 0.5) is 11.4 Å². The number of para-hydroxylation sites is 2. The summed E-state index contributed by atoms with van der Waals surface area (Å²) in [5.74, 6) is 0.0617. The highest BCUT2D eigenvalue weighted by atomic mass is 35.5. The number of hydrogen-bond donors (Lipinski definition) is 0. The van der Waals surface area contributed by atoms with Gasteiger partial charge in [0, 0.05) is 42.3 Å². The van der Waals surface area contributed by atoms with Gasteiger partial charge in [-0.1, -0.05) is 35.3 Å². The van der Waals surface area contributed by atoms with Crippen LogP contribution in [0.25, 0.3) is 0 Å². The maximum atomic E-state index is 14.1. The van der Waals surface area contributed by atoms with E-state index >= 15 is 0 Å². The van der Waals surface area contributed by atoms with Gasteiger partial charge in [0.2, 0.25) is 0 Å². The molecule has 7 heteroatoms. The molecule has 2 aliphatic heterocycles. The van der Waals surface area contributed by atoms with Gasteiger partial charge in [-0.15, -0.1) is 0 Å². The number of carbonyl (C=O) groups excluding carboxylic acids is 1. The third-order valence-corrected chi connectivity index (χ3v) is 7.58. The van der Waals surface area contributed by atoms with E-state index in [2.05, 4.69) is 35.0 Å². The average Bonchev–Trinajstić information content (AvgIpc) is 3.65. The minimum atomic E-state index is -0.868. The van der Waals surface area contributed by atoms with Gasteiger partial charge in [-0.25, -0.2) is 0 Å². The molecule has 2 aromatic rings. The van der Waals surface area contributed by atoms with Crippen LogP contribution < -0.4 is 9.80 Å². The van der Waals surface area contributed by atoms with E-state index in [9.17, 15) is 4.79 Å². The largest absolute Gasteiger partial charge is 0.365 e. The Kier molecular flexibility index (Phi) is 6.10. The first-order chi connectivity index (χ1) is 15.5. The van der Waals surface area contributed by atoms with Crippen molar-refractivity contribution >= 4 is 40.5 Å². The number of likely N-dealkylation sites (tertiary alicyclic amines) is 1. The van der Waals surface area contributed by atoms with Gasteiger partial charge in [-0.3, -0.25) is 4.79 Å². The number of fused-ring (bicyclic) bond motifs is 1. The van der Waals surface area contributed by atoms with Gasteiger partial charge in [-0.2, -0.15) is 0 Å². The first-order valence-corrected chi connectivity index (χ1v) is 12.2. The Bertz CT molecular complexity index is 1000. The second kappa shape index (κ2) is 8.86. The van der Waals surface area contributed by atoms with Crippen molar-refractivity contribution in [3.8, 4) is 0 Å². The molecular weight excluding hydrogens is 445 g/mol. The van der Waals surface area contributed by atoms with Crippen LogP contribution in [-0.4, -0.2) is 55.7 Å². The molecule has 5 rings (SSSR count). The molecule has 2 aromatic carbocycles. The Balaban J connectivity index is 1.43. The monoisotopic (exact) mass is 473 g/mol. The number of halogens is 2. The molecule has 0 atom stereocenters. The summed E-state index contributed by atoms with van der Waals surface area (Å²) in [6.45, 7) is 3.45. The lowest BCUT2D eigenvalue weighted by Crippen LogP contribution is -2.58. The molecule has 0 unspecified atom stereocenters. The van der Waals surface area contributed by atoms with Crippen molar-refractivity contribution in [1.29, 1.82) is 0 Å². The van der Waals surface area contributed by atoms with Gasteiger partial charge in [0.25, 0.3) is 5.91 Å². The van der Waals surface area contributed by atoms with E-state index < -0.39 is 5.60 Å². The zero-order valence-electron chi connectivity index (χ0n) is 18.4. The molecule has 0 spiro atoms. The molecule has 1 amide bonds. The third kappa shape index (κ3) is 4.24. The smallest absolute Gasteiger partial charge is 0.259 e. The summed E-state index contributed by atoms with van der Waals surface area (Å²) in [6, 6.07) is 14.3. The SMILES string of the molecule is CN1CCC(OCc2cc(Cl)ccc2Cl)(C(=O)N2CCN(C3CC3)c3ccccc32)CC1. The quantitative estimate of drug-likeness (QED) is 0.612. The van der Waals surface area contributed by atoms with Crippen LogP contribution in [0.1, 0.15) is 31.2 Å². The van der Waals surface area contributed by atoms with E-state index in [1.54, 1.807) is 12.1 Å². The third-order valence-electron chi connectivity index (χ3n) is 6.98. The Hall–Kier alpha value is -1.79. The Morgan fingerprint density at radius 3 is 2.47 bits per heavy atom. The molecule has 1 saturated heterocycles. The topological polar surface area (TPSA) is 36.0 Å². The maximum absolute atomic E-state index is 14.1. The Labute approximate surface area is 199 Å². The molecule has 3 aliphatic rings. The number of amides is 1. The molecule has 1 aliphatic carbocycles. The van der Waals surface area contributed by atoms with Gasteiger partial charge in [-0.05, 0) is 68.6 Å². The number of anilines is 2. The Morgan fingerprint density at radius 1 is 1.03 bits per heavy atom. The highest BCUT2D eigenvalue weighted by Gasteiger charge is 2.46. The lowest BCUT2D eigenvalue weighted by molar-refractivity contribution is -0.153. The van der Waals surface area contributed by atoms with Crippen LogP contribution >= 0.6 is 23.2 Å². The van der Waals surface area contributed by atoms with E-state index in [4.69, 9.17) is 27.9 Å². The molecule has 2 heterocycles. The number of rotatable bonds is 5. The van der Waals surface area contributed by atoms with Gasteiger partial charge in [0.05, 0.1) is 18.0 Å². The molecule has 0 bridgehead atoms. The normalized spacial score (nSPS) is 20.8. The summed E-state index contributed by atoms with van der Waals surface area (Å²) in [7, 11) is 2.09. The first-order valence-electron chi connectivity index (χ1n) is 11.4. The summed E-state index contributed by atoms with van der Waals surface area (Å²) < 4.78 is 6.48. The fourth-order valence-electron chi connectivity index (χ4n) is 4.88. The van der Waals surface area contributed by atoms with Crippen LogP contribution in [0.5, 0.6) is 0 Å². The average molecular weight is 474 g/mol. The molecule has 0 N–H and O–H groups in total. The van der Waals surface area contributed by atoms with E-state index in [-0.39, 0.29) is 12.5 Å². The van der Waals surface area contributed by atoms with Crippen LogP contribution in [0.15, 0.2) is 42.5 Å². The van der Waals surface area contributed by atoms with Gasteiger partial charge in [0.15, 0.2) is 0 Å². The lowest BCUT2D eigenvalue weighted by atomic mass is 9.88. The van der Waals surface area contributed by atoms with Crippen molar-refractivity contribution in [1.82, 2.24) is 4.90 Å². The fourth-order valence-corrected chi connectivity index (χ4v) is 5.24. The predicted molar refractivity (Wildman–Crippen MR) is 130 cm³/mol. The van der Waals surface area contributed by atoms with Crippen molar-refractivity contribution in [3.05, 3.63) is 58.1 Å². The van der Waals surface area contributed by atoms with Crippen molar-refractivity contribution in [2.75, 3.05) is 43.0 Å². The number of ether oxygens (including phenoxy) is 1. The van der Waals surface area contributed by atoms with E-state index in [0.29, 0.717) is 35.5 Å². The number of carbonyl (C=O) groups is 1. The second-order valence-corrected chi connectivity index (χ2v) is 10.0. The second-order valence-electron chi connectivity index (χ2n) is 9.19. The summed E-state index contributed by atoms with van der Waals surface area (Å²) in [6.07, 6.45) is 3.79. The predicted octanol–water partition coefficient (Wildman–Crippen LogP) is 4.99. The molecule has 0 aromatic heterocycles. The first kappa shape index (κ1) is 22.0. The Morgan fingerprint density at radius 2 is 1.75 bits per heavy atom. The maximum Gasteiger partial charge on any atom is 0.259 e. The molecular formula is C25H29Cl2N3O2. The van der Waals surface area contributed by atoms with Gasteiger partial charge >= 0.3 is 0 Å². The van der Waals surface area contributed by atoms with Crippen molar-refractivity contribution in [3.63, 3.8) is 0 Å². The zero-order valence-corrected chi connectivity index (χ0v) is 19.9. The van der Waals surface area contributed by atoms with Crippen molar-refractivity contribution in [2.24, 2.45) is 0 Å².